The molecule has 0 amide bonds. The molecule has 3 heteroatoms. The van der Waals surface area contributed by atoms with E-state index in [9.17, 15) is 4.39 Å². The van der Waals surface area contributed by atoms with Gasteiger partial charge in [0.1, 0.15) is 5.82 Å². The molecule has 122 valence electrons. The van der Waals surface area contributed by atoms with Crippen LogP contribution < -0.4 is 4.90 Å². The van der Waals surface area contributed by atoms with Gasteiger partial charge in [0.05, 0.1) is 12.2 Å². The van der Waals surface area contributed by atoms with E-state index in [-0.39, 0.29) is 18.0 Å². The van der Waals surface area contributed by atoms with Gasteiger partial charge in [0.15, 0.2) is 0 Å². The van der Waals surface area contributed by atoms with E-state index in [1.54, 1.807) is 6.07 Å². The van der Waals surface area contributed by atoms with E-state index in [1.165, 1.54) is 5.56 Å². The predicted octanol–water partition coefficient (Wildman–Crippen LogP) is 4.22. The van der Waals surface area contributed by atoms with Crippen LogP contribution in [0.25, 0.3) is 0 Å². The fraction of sp³-hybridized carbons (Fsp3) is 0.400. The molecule has 0 bridgehead atoms. The number of benzene rings is 2. The molecule has 0 saturated carbocycles. The Hall–Kier alpha value is -1.87. The SMILES string of the molecule is C[C@@H]1CN(c2ccc(CCc3ccccc3)c(F)c2)C[C@H](C)O1. The number of hydrogen-bond acceptors (Lipinski definition) is 2. The predicted molar refractivity (Wildman–Crippen MR) is 92.5 cm³/mol. The van der Waals surface area contributed by atoms with Crippen LogP contribution >= 0.6 is 0 Å². The van der Waals surface area contributed by atoms with E-state index < -0.39 is 0 Å². The van der Waals surface area contributed by atoms with Crippen molar-refractivity contribution in [3.8, 4) is 0 Å². The smallest absolute Gasteiger partial charge is 0.128 e. The first-order chi connectivity index (χ1) is 11.1. The molecule has 23 heavy (non-hydrogen) atoms. The minimum absolute atomic E-state index is 0.106. The number of halogens is 1. The fourth-order valence-corrected chi connectivity index (χ4v) is 3.25. The van der Waals surface area contributed by atoms with Crippen LogP contribution in [0, 0.1) is 5.82 Å². The number of aryl methyl sites for hydroxylation is 2. The molecule has 2 aromatic rings. The van der Waals surface area contributed by atoms with E-state index in [2.05, 4.69) is 30.9 Å². The molecular formula is C20H24FNO. The number of nitrogens with zero attached hydrogens (tertiary/aromatic N) is 1. The zero-order chi connectivity index (χ0) is 16.2. The third-order valence-corrected chi connectivity index (χ3v) is 4.35. The third-order valence-electron chi connectivity index (χ3n) is 4.35. The zero-order valence-electron chi connectivity index (χ0n) is 13.8. The fourth-order valence-electron chi connectivity index (χ4n) is 3.25. The minimum atomic E-state index is -0.106. The first kappa shape index (κ1) is 16.0. The normalized spacial score (nSPS) is 21.4. The maximum absolute atomic E-state index is 14.4. The summed E-state index contributed by atoms with van der Waals surface area (Å²) in [6.45, 7) is 5.75. The van der Waals surface area contributed by atoms with Crippen molar-refractivity contribution >= 4 is 5.69 Å². The zero-order valence-corrected chi connectivity index (χ0v) is 13.8. The van der Waals surface area contributed by atoms with Gasteiger partial charge in [0.25, 0.3) is 0 Å². The molecule has 2 atom stereocenters. The van der Waals surface area contributed by atoms with Crippen molar-refractivity contribution in [1.82, 2.24) is 0 Å². The van der Waals surface area contributed by atoms with Crippen LogP contribution in [0.5, 0.6) is 0 Å². The number of anilines is 1. The van der Waals surface area contributed by atoms with Gasteiger partial charge in [-0.05, 0) is 49.9 Å². The maximum atomic E-state index is 14.4. The van der Waals surface area contributed by atoms with Gasteiger partial charge in [-0.15, -0.1) is 0 Å². The standard InChI is InChI=1S/C20H24FNO/c1-15-13-22(14-16(2)23-15)19-11-10-18(20(21)12-19)9-8-17-6-4-3-5-7-17/h3-7,10-12,15-16H,8-9,13-14H2,1-2H3/t15-,16+. The molecule has 0 N–H and O–H groups in total. The molecule has 1 aliphatic rings. The van der Waals surface area contributed by atoms with Gasteiger partial charge in [-0.2, -0.15) is 0 Å². The molecule has 0 radical (unpaired) electrons. The Bertz CT molecular complexity index is 633. The van der Waals surface area contributed by atoms with Crippen LogP contribution in [-0.4, -0.2) is 25.3 Å². The molecule has 0 aliphatic carbocycles. The molecule has 0 aromatic heterocycles. The summed E-state index contributed by atoms with van der Waals surface area (Å²) in [4.78, 5) is 2.21. The Kier molecular flexibility index (Phi) is 4.97. The van der Waals surface area contributed by atoms with E-state index in [0.29, 0.717) is 0 Å². The lowest BCUT2D eigenvalue weighted by Gasteiger charge is -2.37. The largest absolute Gasteiger partial charge is 0.372 e. The second-order valence-corrected chi connectivity index (χ2v) is 6.42. The van der Waals surface area contributed by atoms with E-state index in [1.807, 2.05) is 30.3 Å². The molecule has 1 aliphatic heterocycles. The van der Waals surface area contributed by atoms with E-state index >= 15 is 0 Å². The maximum Gasteiger partial charge on any atom is 0.128 e. The van der Waals surface area contributed by atoms with Gasteiger partial charge in [-0.1, -0.05) is 36.4 Å². The Morgan fingerprint density at radius 1 is 1.00 bits per heavy atom. The molecule has 2 aromatic carbocycles. The monoisotopic (exact) mass is 313 g/mol. The first-order valence-electron chi connectivity index (χ1n) is 8.34. The summed E-state index contributed by atoms with van der Waals surface area (Å²) in [6, 6.07) is 15.9. The second-order valence-electron chi connectivity index (χ2n) is 6.42. The molecule has 1 fully saturated rings. The van der Waals surface area contributed by atoms with Crippen molar-refractivity contribution in [2.75, 3.05) is 18.0 Å². The summed E-state index contributed by atoms with van der Waals surface area (Å²) in [5.41, 5.74) is 2.98. The van der Waals surface area contributed by atoms with Crippen molar-refractivity contribution in [2.45, 2.75) is 38.9 Å². The molecule has 3 rings (SSSR count). The van der Waals surface area contributed by atoms with Crippen LogP contribution in [-0.2, 0) is 17.6 Å². The molecule has 1 heterocycles. The summed E-state index contributed by atoms with van der Waals surface area (Å²) >= 11 is 0. The Morgan fingerprint density at radius 2 is 1.70 bits per heavy atom. The lowest BCUT2D eigenvalue weighted by Crippen LogP contribution is -2.45. The minimum Gasteiger partial charge on any atom is -0.372 e. The lowest BCUT2D eigenvalue weighted by atomic mass is 10.0. The number of ether oxygens (including phenoxy) is 1. The topological polar surface area (TPSA) is 12.5 Å². The van der Waals surface area contributed by atoms with Crippen LogP contribution in [0.1, 0.15) is 25.0 Å². The molecular weight excluding hydrogens is 289 g/mol. The van der Waals surface area contributed by atoms with Crippen LogP contribution in [0.4, 0.5) is 10.1 Å². The second kappa shape index (κ2) is 7.14. The van der Waals surface area contributed by atoms with Crippen molar-refractivity contribution in [2.24, 2.45) is 0 Å². The highest BCUT2D eigenvalue weighted by Crippen LogP contribution is 2.23. The van der Waals surface area contributed by atoms with Gasteiger partial charge in [0, 0.05) is 18.8 Å². The van der Waals surface area contributed by atoms with Crippen molar-refractivity contribution in [3.05, 3.63) is 65.5 Å². The van der Waals surface area contributed by atoms with Crippen molar-refractivity contribution in [1.29, 1.82) is 0 Å². The van der Waals surface area contributed by atoms with Gasteiger partial charge < -0.3 is 9.64 Å². The Labute approximate surface area is 137 Å². The third kappa shape index (κ3) is 4.11. The highest BCUT2D eigenvalue weighted by atomic mass is 19.1. The van der Waals surface area contributed by atoms with Gasteiger partial charge >= 0.3 is 0 Å². The van der Waals surface area contributed by atoms with Gasteiger partial charge in [-0.3, -0.25) is 0 Å². The highest BCUT2D eigenvalue weighted by molar-refractivity contribution is 5.49. The quantitative estimate of drug-likeness (QED) is 0.838. The summed E-state index contributed by atoms with van der Waals surface area (Å²) < 4.78 is 20.2. The molecule has 0 unspecified atom stereocenters. The van der Waals surface area contributed by atoms with Crippen molar-refractivity contribution in [3.63, 3.8) is 0 Å². The van der Waals surface area contributed by atoms with Crippen molar-refractivity contribution < 1.29 is 9.13 Å². The average molecular weight is 313 g/mol. The summed E-state index contributed by atoms with van der Waals surface area (Å²) in [6.07, 6.45) is 1.95. The van der Waals surface area contributed by atoms with E-state index in [0.717, 1.165) is 37.2 Å². The van der Waals surface area contributed by atoms with Gasteiger partial charge in [-0.25, -0.2) is 4.39 Å². The Morgan fingerprint density at radius 3 is 2.35 bits per heavy atom. The first-order valence-corrected chi connectivity index (χ1v) is 8.34. The number of rotatable bonds is 4. The summed E-state index contributed by atoms with van der Waals surface area (Å²) in [5, 5.41) is 0. The van der Waals surface area contributed by atoms with Crippen LogP contribution in [0.3, 0.4) is 0 Å². The Balaban J connectivity index is 1.68. The van der Waals surface area contributed by atoms with Crippen LogP contribution in [0.2, 0.25) is 0 Å². The molecule has 1 saturated heterocycles. The summed E-state index contributed by atoms with van der Waals surface area (Å²) in [5.74, 6) is -0.106. The number of hydrogen-bond donors (Lipinski definition) is 0. The molecule has 0 spiro atoms. The number of morpholine rings is 1. The van der Waals surface area contributed by atoms with E-state index in [4.69, 9.17) is 4.74 Å². The lowest BCUT2D eigenvalue weighted by molar-refractivity contribution is -0.00523. The summed E-state index contributed by atoms with van der Waals surface area (Å²) in [7, 11) is 0. The molecule has 2 nitrogen and oxygen atoms in total. The highest BCUT2D eigenvalue weighted by Gasteiger charge is 2.22. The average Bonchev–Trinajstić information content (AvgIpc) is 2.54. The van der Waals surface area contributed by atoms with Crippen LogP contribution in [0.15, 0.2) is 48.5 Å². The van der Waals surface area contributed by atoms with Gasteiger partial charge in [0.2, 0.25) is 0 Å².